The first-order valence-corrected chi connectivity index (χ1v) is 9.86. The van der Waals surface area contributed by atoms with Crippen LogP contribution in [0.3, 0.4) is 0 Å². The summed E-state index contributed by atoms with van der Waals surface area (Å²) < 4.78 is 11.9. The first-order chi connectivity index (χ1) is 12.5. The maximum atomic E-state index is 12.1. The van der Waals surface area contributed by atoms with Crippen molar-refractivity contribution in [2.75, 3.05) is 5.75 Å². The molecule has 3 aromatic rings. The Morgan fingerprint density at radius 3 is 2.65 bits per heavy atom. The first-order valence-electron chi connectivity index (χ1n) is 7.33. The fourth-order valence-corrected chi connectivity index (χ4v) is 3.34. The second kappa shape index (κ2) is 8.90. The van der Waals surface area contributed by atoms with E-state index in [2.05, 4.69) is 26.1 Å². The Labute approximate surface area is 172 Å². The number of hydrogen-bond donors (Lipinski definition) is 0. The summed E-state index contributed by atoms with van der Waals surface area (Å²) in [4.78, 5) is 12.1. The SMILES string of the molecule is O=C(CSc1nnc(COc2ccc(Cl)cc2Cl)o1)c1ccc(Br)cc1. The minimum absolute atomic E-state index is 0.0218. The van der Waals surface area contributed by atoms with Crippen molar-refractivity contribution < 1.29 is 13.9 Å². The lowest BCUT2D eigenvalue weighted by molar-refractivity contribution is 0.102. The van der Waals surface area contributed by atoms with Gasteiger partial charge in [0.25, 0.3) is 11.1 Å². The van der Waals surface area contributed by atoms with Crippen molar-refractivity contribution in [1.29, 1.82) is 0 Å². The lowest BCUT2D eigenvalue weighted by atomic mass is 10.2. The van der Waals surface area contributed by atoms with Crippen LogP contribution in [-0.4, -0.2) is 21.7 Å². The summed E-state index contributed by atoms with van der Waals surface area (Å²) in [6.07, 6.45) is 0. The number of Topliss-reactive ketones (excluding diaryl/α,β-unsaturated/α-hetero) is 1. The molecule has 0 spiro atoms. The molecule has 0 aliphatic carbocycles. The van der Waals surface area contributed by atoms with Gasteiger partial charge in [-0.05, 0) is 30.3 Å². The number of hydrogen-bond acceptors (Lipinski definition) is 6. The molecule has 0 N–H and O–H groups in total. The normalized spacial score (nSPS) is 10.7. The van der Waals surface area contributed by atoms with Gasteiger partial charge in [0.15, 0.2) is 12.4 Å². The van der Waals surface area contributed by atoms with Crippen molar-refractivity contribution in [2.45, 2.75) is 11.8 Å². The van der Waals surface area contributed by atoms with Gasteiger partial charge >= 0.3 is 0 Å². The number of benzene rings is 2. The minimum atomic E-state index is -0.0218. The van der Waals surface area contributed by atoms with Gasteiger partial charge in [-0.25, -0.2) is 0 Å². The molecule has 5 nitrogen and oxygen atoms in total. The molecule has 1 heterocycles. The van der Waals surface area contributed by atoms with Crippen molar-refractivity contribution in [3.63, 3.8) is 0 Å². The van der Waals surface area contributed by atoms with Crippen LogP contribution in [-0.2, 0) is 6.61 Å². The number of carbonyl (C=O) groups is 1. The average Bonchev–Trinajstić information content (AvgIpc) is 3.07. The van der Waals surface area contributed by atoms with Crippen LogP contribution in [0.2, 0.25) is 10.0 Å². The van der Waals surface area contributed by atoms with Crippen LogP contribution in [0.5, 0.6) is 5.75 Å². The second-order valence-electron chi connectivity index (χ2n) is 5.04. The molecule has 9 heteroatoms. The third kappa shape index (κ3) is 5.23. The molecule has 2 aromatic carbocycles. The smallest absolute Gasteiger partial charge is 0.277 e. The molecular weight excluding hydrogens is 463 g/mol. The Kier molecular flexibility index (Phi) is 6.58. The van der Waals surface area contributed by atoms with Gasteiger partial charge < -0.3 is 9.15 Å². The monoisotopic (exact) mass is 472 g/mol. The summed E-state index contributed by atoms with van der Waals surface area (Å²) in [5, 5.41) is 9.01. The fraction of sp³-hybridized carbons (Fsp3) is 0.118. The van der Waals surface area contributed by atoms with Crippen molar-refractivity contribution in [2.24, 2.45) is 0 Å². The quantitative estimate of drug-likeness (QED) is 0.324. The van der Waals surface area contributed by atoms with E-state index >= 15 is 0 Å². The summed E-state index contributed by atoms with van der Waals surface area (Å²) in [5.74, 6) is 0.933. The van der Waals surface area contributed by atoms with E-state index in [1.54, 1.807) is 30.3 Å². The van der Waals surface area contributed by atoms with Crippen LogP contribution in [0.25, 0.3) is 0 Å². The molecule has 134 valence electrons. The van der Waals surface area contributed by atoms with Crippen LogP contribution < -0.4 is 4.74 Å². The van der Waals surface area contributed by atoms with Crippen molar-refractivity contribution in [3.05, 3.63) is 68.4 Å². The molecule has 0 aliphatic heterocycles. The number of thioether (sulfide) groups is 1. The van der Waals surface area contributed by atoms with E-state index in [1.807, 2.05) is 12.1 Å². The van der Waals surface area contributed by atoms with Gasteiger partial charge in [0.2, 0.25) is 0 Å². The highest BCUT2D eigenvalue weighted by Crippen LogP contribution is 2.28. The van der Waals surface area contributed by atoms with E-state index in [9.17, 15) is 4.79 Å². The Hall–Kier alpha value is -1.54. The Balaban J connectivity index is 1.53. The van der Waals surface area contributed by atoms with Gasteiger partial charge in [-0.3, -0.25) is 4.79 Å². The molecule has 0 aliphatic rings. The summed E-state index contributed by atoms with van der Waals surface area (Å²) >= 11 is 16.4. The molecule has 0 atom stereocenters. The molecule has 3 rings (SSSR count). The number of aromatic nitrogens is 2. The largest absolute Gasteiger partial charge is 0.482 e. The van der Waals surface area contributed by atoms with E-state index in [4.69, 9.17) is 32.4 Å². The Morgan fingerprint density at radius 2 is 1.92 bits per heavy atom. The van der Waals surface area contributed by atoms with Crippen LogP contribution in [0, 0.1) is 0 Å². The van der Waals surface area contributed by atoms with Gasteiger partial charge in [0, 0.05) is 15.1 Å². The molecular formula is C17H11BrCl2N2O3S. The minimum Gasteiger partial charge on any atom is -0.482 e. The van der Waals surface area contributed by atoms with E-state index in [-0.39, 0.29) is 24.0 Å². The van der Waals surface area contributed by atoms with E-state index in [1.165, 1.54) is 11.8 Å². The molecule has 0 unspecified atom stereocenters. The fourth-order valence-electron chi connectivity index (χ4n) is 1.93. The van der Waals surface area contributed by atoms with Gasteiger partial charge in [0.1, 0.15) is 5.75 Å². The average molecular weight is 474 g/mol. The van der Waals surface area contributed by atoms with E-state index in [0.717, 1.165) is 4.47 Å². The molecule has 0 amide bonds. The van der Waals surface area contributed by atoms with Crippen LogP contribution in [0.15, 0.2) is 56.6 Å². The molecule has 0 bridgehead atoms. The van der Waals surface area contributed by atoms with Gasteiger partial charge in [-0.15, -0.1) is 10.2 Å². The number of ether oxygens (including phenoxy) is 1. The van der Waals surface area contributed by atoms with Crippen LogP contribution in [0.1, 0.15) is 16.2 Å². The van der Waals surface area contributed by atoms with Gasteiger partial charge in [0.05, 0.1) is 10.8 Å². The number of ketones is 1. The predicted octanol–water partition coefficient (Wildman–Crippen LogP) is 5.69. The highest BCUT2D eigenvalue weighted by Gasteiger charge is 2.12. The molecule has 0 saturated carbocycles. The second-order valence-corrected chi connectivity index (χ2v) is 7.73. The van der Waals surface area contributed by atoms with E-state index < -0.39 is 0 Å². The standard InChI is InChI=1S/C17H11BrCl2N2O3S/c18-11-3-1-10(2-4-11)14(23)9-26-17-22-21-16(25-17)8-24-15-6-5-12(19)7-13(15)20/h1-7H,8-9H2. The zero-order valence-corrected chi connectivity index (χ0v) is 17.0. The maximum Gasteiger partial charge on any atom is 0.277 e. The number of nitrogens with zero attached hydrogens (tertiary/aromatic N) is 2. The van der Waals surface area contributed by atoms with Gasteiger partial charge in [-0.1, -0.05) is 63.0 Å². The Bertz CT molecular complexity index is 919. The number of rotatable bonds is 7. The summed E-state index contributed by atoms with van der Waals surface area (Å²) in [6, 6.07) is 12.1. The van der Waals surface area contributed by atoms with Crippen LogP contribution >= 0.6 is 50.9 Å². The zero-order valence-electron chi connectivity index (χ0n) is 13.1. The number of halogens is 3. The van der Waals surface area contributed by atoms with Crippen molar-refractivity contribution >= 4 is 56.7 Å². The first kappa shape index (κ1) is 19.2. The highest BCUT2D eigenvalue weighted by molar-refractivity contribution is 9.10. The summed E-state index contributed by atoms with van der Waals surface area (Å²) in [6.45, 7) is 0.0651. The molecule has 0 saturated heterocycles. The van der Waals surface area contributed by atoms with Gasteiger partial charge in [-0.2, -0.15) is 0 Å². The third-order valence-electron chi connectivity index (χ3n) is 3.19. The van der Waals surface area contributed by atoms with Crippen molar-refractivity contribution in [3.8, 4) is 5.75 Å². The lowest BCUT2D eigenvalue weighted by Gasteiger charge is -2.05. The Morgan fingerprint density at radius 1 is 1.15 bits per heavy atom. The maximum absolute atomic E-state index is 12.1. The molecule has 26 heavy (non-hydrogen) atoms. The summed E-state index contributed by atoms with van der Waals surface area (Å²) in [5.41, 5.74) is 0.626. The van der Waals surface area contributed by atoms with Crippen LogP contribution in [0.4, 0.5) is 0 Å². The lowest BCUT2D eigenvalue weighted by Crippen LogP contribution is -2.01. The molecule has 0 fully saturated rings. The number of carbonyl (C=O) groups excluding carboxylic acids is 1. The third-order valence-corrected chi connectivity index (χ3v) is 5.06. The highest BCUT2D eigenvalue weighted by atomic mass is 79.9. The predicted molar refractivity (Wildman–Crippen MR) is 104 cm³/mol. The summed E-state index contributed by atoms with van der Waals surface area (Å²) in [7, 11) is 0. The molecule has 0 radical (unpaired) electrons. The topological polar surface area (TPSA) is 65.2 Å². The molecule has 1 aromatic heterocycles. The van der Waals surface area contributed by atoms with E-state index in [0.29, 0.717) is 26.6 Å². The zero-order chi connectivity index (χ0) is 18.5. The van der Waals surface area contributed by atoms with Crippen molar-refractivity contribution in [1.82, 2.24) is 10.2 Å².